The zero-order valence-corrected chi connectivity index (χ0v) is 14.6. The van der Waals surface area contributed by atoms with E-state index in [1.807, 2.05) is 6.07 Å². The molecule has 21 heavy (non-hydrogen) atoms. The Hall–Kier alpha value is -1.02. The molecule has 0 fully saturated rings. The van der Waals surface area contributed by atoms with E-state index in [9.17, 15) is 0 Å². The van der Waals surface area contributed by atoms with Crippen molar-refractivity contribution in [3.05, 3.63) is 29.8 Å². The molecule has 1 aromatic rings. The molecule has 0 bridgehead atoms. The summed E-state index contributed by atoms with van der Waals surface area (Å²) in [6, 6.07) is 9.31. The third-order valence-electron chi connectivity index (χ3n) is 3.87. The van der Waals surface area contributed by atoms with Crippen molar-refractivity contribution in [3.63, 3.8) is 0 Å². The second-order valence-electron chi connectivity index (χ2n) is 6.83. The van der Waals surface area contributed by atoms with Crippen molar-refractivity contribution in [3.8, 4) is 5.75 Å². The molecule has 1 unspecified atom stereocenters. The third-order valence-corrected chi connectivity index (χ3v) is 3.87. The Morgan fingerprint density at radius 2 is 1.57 bits per heavy atom. The molecule has 0 amide bonds. The van der Waals surface area contributed by atoms with E-state index in [-0.39, 0.29) is 0 Å². The standard InChI is InChI=1S/C19H33NO/c1-7-18(17-10-8-9-11-19(17)21-6)20-16(12-14(2)3)13-15(4)5/h8-11,14-16,18,20H,7,12-13H2,1-6H3. The zero-order chi connectivity index (χ0) is 15.8. The van der Waals surface area contributed by atoms with Crippen molar-refractivity contribution in [2.75, 3.05) is 7.11 Å². The molecule has 0 spiro atoms. The highest BCUT2D eigenvalue weighted by Gasteiger charge is 2.20. The number of benzene rings is 1. The molecule has 1 aromatic carbocycles. The van der Waals surface area contributed by atoms with Crippen molar-refractivity contribution in [2.45, 2.75) is 66.0 Å². The maximum Gasteiger partial charge on any atom is 0.123 e. The van der Waals surface area contributed by atoms with Gasteiger partial charge in [0.2, 0.25) is 0 Å². The molecular weight excluding hydrogens is 258 g/mol. The largest absolute Gasteiger partial charge is 0.496 e. The van der Waals surface area contributed by atoms with E-state index in [1.54, 1.807) is 7.11 Å². The summed E-state index contributed by atoms with van der Waals surface area (Å²) < 4.78 is 5.53. The van der Waals surface area contributed by atoms with Gasteiger partial charge in [0.05, 0.1) is 7.11 Å². The molecule has 2 heteroatoms. The minimum absolute atomic E-state index is 0.364. The van der Waals surface area contributed by atoms with Crippen molar-refractivity contribution in [1.82, 2.24) is 5.32 Å². The van der Waals surface area contributed by atoms with Crippen LogP contribution < -0.4 is 10.1 Å². The summed E-state index contributed by atoms with van der Waals surface area (Å²) in [4.78, 5) is 0. The smallest absolute Gasteiger partial charge is 0.123 e. The lowest BCUT2D eigenvalue weighted by Crippen LogP contribution is -2.35. The second kappa shape index (κ2) is 9.09. The summed E-state index contributed by atoms with van der Waals surface area (Å²) in [5.74, 6) is 2.43. The van der Waals surface area contributed by atoms with Crippen molar-refractivity contribution in [2.24, 2.45) is 11.8 Å². The van der Waals surface area contributed by atoms with Crippen molar-refractivity contribution < 1.29 is 4.74 Å². The van der Waals surface area contributed by atoms with Crippen molar-refractivity contribution >= 4 is 0 Å². The molecule has 0 aliphatic heterocycles. The SMILES string of the molecule is CCC(NC(CC(C)C)CC(C)C)c1ccccc1OC. The number of hydrogen-bond donors (Lipinski definition) is 1. The van der Waals surface area contributed by atoms with E-state index in [0.29, 0.717) is 12.1 Å². The summed E-state index contributed by atoms with van der Waals surface area (Å²) in [6.45, 7) is 11.5. The predicted molar refractivity (Wildman–Crippen MR) is 91.9 cm³/mol. The summed E-state index contributed by atoms with van der Waals surface area (Å²) in [5.41, 5.74) is 1.28. The molecule has 0 aliphatic carbocycles. The predicted octanol–water partition coefficient (Wildman–Crippen LogP) is 5.20. The van der Waals surface area contributed by atoms with Gasteiger partial charge in [-0.2, -0.15) is 0 Å². The topological polar surface area (TPSA) is 21.3 Å². The lowest BCUT2D eigenvalue weighted by molar-refractivity contribution is 0.317. The summed E-state index contributed by atoms with van der Waals surface area (Å²) >= 11 is 0. The lowest BCUT2D eigenvalue weighted by Gasteiger charge is -2.29. The molecular formula is C19H33NO. The Morgan fingerprint density at radius 3 is 2.05 bits per heavy atom. The van der Waals surface area contributed by atoms with E-state index < -0.39 is 0 Å². The van der Waals surface area contributed by atoms with Crippen LogP contribution in [-0.4, -0.2) is 13.2 Å². The Kier molecular flexibility index (Phi) is 7.81. The van der Waals surface area contributed by atoms with E-state index in [2.05, 4.69) is 58.1 Å². The molecule has 0 saturated carbocycles. The van der Waals surface area contributed by atoms with Crippen molar-refractivity contribution in [1.29, 1.82) is 0 Å². The quantitative estimate of drug-likeness (QED) is 0.675. The molecule has 0 heterocycles. The van der Waals surface area contributed by atoms with Gasteiger partial charge in [-0.1, -0.05) is 52.8 Å². The van der Waals surface area contributed by atoms with Crippen LogP contribution in [0, 0.1) is 11.8 Å². The van der Waals surface area contributed by atoms with Gasteiger partial charge in [-0.15, -0.1) is 0 Å². The summed E-state index contributed by atoms with van der Waals surface area (Å²) in [7, 11) is 1.76. The maximum atomic E-state index is 5.53. The number of para-hydroxylation sites is 1. The van der Waals surface area contributed by atoms with Crippen LogP contribution in [0.5, 0.6) is 5.75 Å². The first-order valence-electron chi connectivity index (χ1n) is 8.36. The monoisotopic (exact) mass is 291 g/mol. The lowest BCUT2D eigenvalue weighted by atomic mass is 9.93. The van der Waals surface area contributed by atoms with Gasteiger partial charge in [0.1, 0.15) is 5.75 Å². The fourth-order valence-corrected chi connectivity index (χ4v) is 3.04. The normalized spacial score (nSPS) is 13.2. The molecule has 0 saturated heterocycles. The number of nitrogens with one attached hydrogen (secondary N) is 1. The summed E-state index contributed by atoms with van der Waals surface area (Å²) in [5, 5.41) is 3.88. The van der Waals surface area contributed by atoms with Crippen LogP contribution in [0.2, 0.25) is 0 Å². The molecule has 1 atom stereocenters. The van der Waals surface area contributed by atoms with E-state index in [4.69, 9.17) is 4.74 Å². The highest BCUT2D eigenvalue weighted by molar-refractivity contribution is 5.35. The number of hydrogen-bond acceptors (Lipinski definition) is 2. The minimum Gasteiger partial charge on any atom is -0.496 e. The molecule has 0 aromatic heterocycles. The van der Waals surface area contributed by atoms with Crippen LogP contribution in [0.15, 0.2) is 24.3 Å². The fraction of sp³-hybridized carbons (Fsp3) is 0.684. The first-order chi connectivity index (χ1) is 9.97. The van der Waals surface area contributed by atoms with Gasteiger partial charge in [0.25, 0.3) is 0 Å². The zero-order valence-electron chi connectivity index (χ0n) is 14.6. The number of methoxy groups -OCH3 is 1. The van der Waals surface area contributed by atoms with E-state index in [1.165, 1.54) is 18.4 Å². The van der Waals surface area contributed by atoms with Gasteiger partial charge >= 0.3 is 0 Å². The Labute approximate surface area is 131 Å². The summed E-state index contributed by atoms with van der Waals surface area (Å²) in [6.07, 6.45) is 3.53. The molecule has 1 rings (SSSR count). The van der Waals surface area contributed by atoms with Gasteiger partial charge < -0.3 is 10.1 Å². The Morgan fingerprint density at radius 1 is 1.00 bits per heavy atom. The van der Waals surface area contributed by atoms with Crippen LogP contribution in [0.1, 0.15) is 65.5 Å². The van der Waals surface area contributed by atoms with Gasteiger partial charge in [-0.05, 0) is 37.2 Å². The molecule has 2 nitrogen and oxygen atoms in total. The van der Waals surface area contributed by atoms with E-state index >= 15 is 0 Å². The van der Waals surface area contributed by atoms with Crippen LogP contribution in [0.4, 0.5) is 0 Å². The van der Waals surface area contributed by atoms with E-state index in [0.717, 1.165) is 24.0 Å². The molecule has 0 aliphatic rings. The maximum absolute atomic E-state index is 5.53. The van der Waals surface area contributed by atoms with Gasteiger partial charge in [0.15, 0.2) is 0 Å². The fourth-order valence-electron chi connectivity index (χ4n) is 3.04. The molecule has 0 radical (unpaired) electrons. The van der Waals surface area contributed by atoms with Crippen LogP contribution in [0.3, 0.4) is 0 Å². The molecule has 120 valence electrons. The Bertz CT molecular complexity index is 390. The first kappa shape index (κ1) is 18.0. The van der Waals surface area contributed by atoms with Gasteiger partial charge in [-0.3, -0.25) is 0 Å². The second-order valence-corrected chi connectivity index (χ2v) is 6.83. The highest BCUT2D eigenvalue weighted by Crippen LogP contribution is 2.28. The average Bonchev–Trinajstić information content (AvgIpc) is 2.43. The average molecular weight is 291 g/mol. The van der Waals surface area contributed by atoms with Crippen LogP contribution in [-0.2, 0) is 0 Å². The number of rotatable bonds is 9. The van der Waals surface area contributed by atoms with Crippen LogP contribution >= 0.6 is 0 Å². The minimum atomic E-state index is 0.364. The highest BCUT2D eigenvalue weighted by atomic mass is 16.5. The third kappa shape index (κ3) is 6.09. The van der Waals surface area contributed by atoms with Crippen LogP contribution in [0.25, 0.3) is 0 Å². The first-order valence-corrected chi connectivity index (χ1v) is 8.36. The Balaban J connectivity index is 2.86. The molecule has 1 N–H and O–H groups in total. The number of ether oxygens (including phenoxy) is 1. The van der Waals surface area contributed by atoms with Gasteiger partial charge in [-0.25, -0.2) is 0 Å². The van der Waals surface area contributed by atoms with Gasteiger partial charge in [0, 0.05) is 17.6 Å².